The number of aryl methyl sites for hydroxylation is 2. The van der Waals surface area contributed by atoms with Crippen LogP contribution in [0.3, 0.4) is 0 Å². The van der Waals surface area contributed by atoms with Gasteiger partial charge in [-0.2, -0.15) is 0 Å². The van der Waals surface area contributed by atoms with Crippen LogP contribution < -0.4 is 148 Å². The van der Waals surface area contributed by atoms with Crippen LogP contribution in [0.5, 0.6) is 23.0 Å². The fourth-order valence-corrected chi connectivity index (χ4v) is 11.1. The number of aliphatic carboxylic acids is 4. The number of pyridine rings is 4. The molecule has 8 bridgehead atoms. The Kier molecular flexibility index (Phi) is 28.9. The van der Waals surface area contributed by atoms with Crippen molar-refractivity contribution in [2.75, 3.05) is 28.4 Å². The van der Waals surface area contributed by atoms with E-state index in [1.165, 1.54) is 111 Å². The summed E-state index contributed by atoms with van der Waals surface area (Å²) >= 11 is 0. The molecule has 0 spiro atoms. The van der Waals surface area contributed by atoms with Crippen molar-refractivity contribution in [2.24, 2.45) is 0 Å². The Hall–Kier alpha value is -7.56. The van der Waals surface area contributed by atoms with Gasteiger partial charge < -0.3 is 78.2 Å². The van der Waals surface area contributed by atoms with Crippen LogP contribution in [-0.2, 0) is 103 Å². The number of carbonyl (C=O) groups is 8. The van der Waals surface area contributed by atoms with Crippen LogP contribution in [0, 0.1) is 13.8 Å². The van der Waals surface area contributed by atoms with Gasteiger partial charge in [0.05, 0.1) is 84.9 Å². The summed E-state index contributed by atoms with van der Waals surface area (Å²) < 4.78 is 33.5. The van der Waals surface area contributed by atoms with Crippen molar-refractivity contribution < 1.29 is 216 Å². The molecule has 4 heterocycles. The Morgan fingerprint density at radius 1 is 0.354 bits per heavy atom. The number of carbonyl (C=O) groups excluding carboxylic acids is 8. The second-order valence-corrected chi connectivity index (χ2v) is 21.7. The molecule has 24 nitrogen and oxygen atoms in total. The number of hydrogen-bond acceptors (Lipinski definition) is 24. The molecule has 0 radical (unpaired) electrons. The molecule has 2 N–H and O–H groups in total. The van der Waals surface area contributed by atoms with Gasteiger partial charge in [-0.3, -0.25) is 9.97 Å². The molecular formula is C68H56N4Na4O20. The standard InChI is InChI=1S/C68H60N4O20.4Na/c1-33-7-47(65(83)87-3)27-53(69-33)55-29-49(67(85)89-5)25-51(71-55)31-91-63-43-13-37(19-59(77)78)14-44(63)22-40-10-36(18-58(75)76)12-42(62(40)82)24-46-16-38(20-60(79)80)15-45(23-41-11-35(17-57(73)74)9-39(21-43)61(41)81)64(46)92-32-52-26-50(68(86)90-6)30-56(72-52)54-28-48(66(84)88-4)8-34(2)70-54;;;;/h7-16,25-30,81-82H,17-24,31-32H2,1-6H3,(H,73,74)(H,75,76)(H,77,78)(H,79,80);;;;/q;4*+1/p-4. The van der Waals surface area contributed by atoms with Gasteiger partial charge in [-0.15, -0.1) is 0 Å². The summed E-state index contributed by atoms with van der Waals surface area (Å²) in [6, 6.07) is 22.7. The van der Waals surface area contributed by atoms with E-state index in [0.29, 0.717) is 11.4 Å². The molecule has 0 saturated carbocycles. The molecule has 0 saturated heterocycles. The SMILES string of the molecule is COC(=O)c1cc(C)nc(-c2cc(C(=O)OC)cc(COc3c4cc(CC(=O)[O-])cc3Cc3cc(CC(=O)[O-])cc(c3O)Cc3cc(CC(=O)[O-])cc(c3OCc3cc(C(=O)OC)cc(-c5cc(C(=O)OC)cc(C)n5)n3)Cc3cc(CC(=O)[O-])cc(c3O)C4)n2)c1.[Na+].[Na+].[Na+].[Na+]. The molecule has 0 amide bonds. The number of methoxy groups -OCH3 is 4. The van der Waals surface area contributed by atoms with Gasteiger partial charge in [0.15, 0.2) is 0 Å². The number of carboxylic acids is 4. The summed E-state index contributed by atoms with van der Waals surface area (Å²) in [5.41, 5.74) is 3.15. The molecule has 0 fully saturated rings. The number of rotatable bonds is 20. The number of nitrogens with zero attached hydrogens (tertiary/aromatic N) is 4. The molecule has 1 aliphatic rings. The molecule has 4 aromatic carbocycles. The second-order valence-electron chi connectivity index (χ2n) is 21.7. The molecule has 472 valence electrons. The number of benzene rings is 4. The van der Waals surface area contributed by atoms with Crippen molar-refractivity contribution in [1.29, 1.82) is 0 Å². The molecule has 8 aromatic rings. The monoisotopic (exact) mass is 1340 g/mol. The maximum Gasteiger partial charge on any atom is 1.00 e. The molecular weight excluding hydrogens is 1280 g/mol. The number of aromatic hydroxyl groups is 2. The number of hydrogen-bond donors (Lipinski definition) is 2. The summed E-state index contributed by atoms with van der Waals surface area (Å²) in [4.78, 5) is 120. The maximum atomic E-state index is 13.3. The maximum absolute atomic E-state index is 13.3. The molecule has 96 heavy (non-hydrogen) atoms. The van der Waals surface area contributed by atoms with E-state index in [9.17, 15) is 69.0 Å². The molecule has 0 atom stereocenters. The Labute approximate surface area is 638 Å². The largest absolute Gasteiger partial charge is 1.00 e. The first-order valence-electron chi connectivity index (χ1n) is 28.2. The van der Waals surface area contributed by atoms with Crippen LogP contribution >= 0.6 is 0 Å². The number of fused-ring (bicyclic) bond motifs is 8. The Morgan fingerprint density at radius 3 is 0.823 bits per heavy atom. The smallest absolute Gasteiger partial charge is 0.550 e. The van der Waals surface area contributed by atoms with E-state index in [2.05, 4.69) is 9.97 Å². The van der Waals surface area contributed by atoms with Gasteiger partial charge in [-0.05, 0) is 129 Å². The zero-order valence-corrected chi connectivity index (χ0v) is 62.3. The normalized spacial score (nSPS) is 11.1. The van der Waals surface area contributed by atoms with Crippen molar-refractivity contribution in [3.05, 3.63) is 209 Å². The number of esters is 4. The average molecular weight is 1340 g/mol. The third-order valence-corrected chi connectivity index (χ3v) is 14.8. The van der Waals surface area contributed by atoms with Crippen LogP contribution in [0.4, 0.5) is 0 Å². The zero-order valence-electron chi connectivity index (χ0n) is 54.3. The average Bonchev–Trinajstić information content (AvgIpc) is 0.782. The minimum atomic E-state index is -1.51. The summed E-state index contributed by atoms with van der Waals surface area (Å²) in [5.74, 6) is -9.74. The van der Waals surface area contributed by atoms with Crippen molar-refractivity contribution >= 4 is 47.8 Å². The topological polar surface area (TPSA) is 376 Å². The van der Waals surface area contributed by atoms with E-state index in [0.717, 1.165) is 14.2 Å². The van der Waals surface area contributed by atoms with E-state index < -0.39 is 98.2 Å². The van der Waals surface area contributed by atoms with Crippen LogP contribution in [0.1, 0.15) is 131 Å². The summed E-state index contributed by atoms with van der Waals surface area (Å²) in [7, 11) is 4.74. The third kappa shape index (κ3) is 19.8. The minimum Gasteiger partial charge on any atom is -0.550 e. The fourth-order valence-electron chi connectivity index (χ4n) is 11.1. The van der Waals surface area contributed by atoms with Crippen LogP contribution in [0.25, 0.3) is 22.8 Å². The molecule has 4 aromatic heterocycles. The molecule has 0 unspecified atom stereocenters. The fraction of sp³-hybridized carbons (Fsp3) is 0.235. The summed E-state index contributed by atoms with van der Waals surface area (Å²) in [6.45, 7) is 2.33. The summed E-state index contributed by atoms with van der Waals surface area (Å²) in [5, 5.41) is 75.1. The van der Waals surface area contributed by atoms with Gasteiger partial charge in [0.2, 0.25) is 0 Å². The van der Waals surface area contributed by atoms with Crippen LogP contribution in [0.15, 0.2) is 97.1 Å². The van der Waals surface area contributed by atoms with Gasteiger partial charge in [-0.1, -0.05) is 48.5 Å². The van der Waals surface area contributed by atoms with E-state index in [1.54, 1.807) is 13.8 Å². The Morgan fingerprint density at radius 2 is 0.583 bits per heavy atom. The second kappa shape index (κ2) is 35.1. The van der Waals surface area contributed by atoms with Gasteiger partial charge >= 0.3 is 142 Å². The number of phenolic OH excluding ortho intramolecular Hbond substituents is 2. The first-order valence-corrected chi connectivity index (χ1v) is 28.2. The van der Waals surface area contributed by atoms with Crippen molar-refractivity contribution in [3.63, 3.8) is 0 Å². The molecule has 28 heteroatoms. The third-order valence-electron chi connectivity index (χ3n) is 14.8. The Bertz CT molecular complexity index is 4000. The minimum absolute atomic E-state index is 0. The number of aromatic nitrogens is 4. The van der Waals surface area contributed by atoms with Crippen molar-refractivity contribution in [2.45, 2.75) is 78.4 Å². The summed E-state index contributed by atoms with van der Waals surface area (Å²) in [6.07, 6.45) is -4.14. The molecule has 0 aliphatic heterocycles. The first-order chi connectivity index (χ1) is 43.9. The number of carboxylic acid groups (broad SMARTS) is 4. The first kappa shape index (κ1) is 79.1. The number of ether oxygens (including phenoxy) is 6. The van der Waals surface area contributed by atoms with E-state index in [-0.39, 0.29) is 279 Å². The van der Waals surface area contributed by atoms with E-state index >= 15 is 0 Å². The van der Waals surface area contributed by atoms with Crippen molar-refractivity contribution in [3.8, 4) is 45.8 Å². The Balaban J connectivity index is 0.00000417. The zero-order chi connectivity index (χ0) is 66.2. The van der Waals surface area contributed by atoms with Gasteiger partial charge in [0.25, 0.3) is 0 Å². The van der Waals surface area contributed by atoms with Crippen LogP contribution in [0.2, 0.25) is 0 Å². The number of phenols is 2. The van der Waals surface area contributed by atoms with E-state index in [4.69, 9.17) is 38.4 Å². The van der Waals surface area contributed by atoms with Crippen molar-refractivity contribution in [1.82, 2.24) is 19.9 Å². The molecule has 1 aliphatic carbocycles. The van der Waals surface area contributed by atoms with Gasteiger partial charge in [0.1, 0.15) is 36.2 Å². The van der Waals surface area contributed by atoms with Gasteiger partial charge in [0, 0.05) is 86.6 Å². The predicted molar refractivity (Wildman–Crippen MR) is 314 cm³/mol. The van der Waals surface area contributed by atoms with Crippen LogP contribution in [-0.4, -0.2) is 106 Å². The quantitative estimate of drug-likeness (QED) is 0.0406. The van der Waals surface area contributed by atoms with E-state index in [1.807, 2.05) is 0 Å². The predicted octanol–water partition coefficient (Wildman–Crippen LogP) is -9.20. The van der Waals surface area contributed by atoms with Gasteiger partial charge in [-0.25, -0.2) is 29.1 Å². The molecule has 9 rings (SSSR count).